The van der Waals surface area contributed by atoms with Crippen molar-refractivity contribution >= 4 is 40.3 Å². The van der Waals surface area contributed by atoms with Crippen molar-refractivity contribution in [1.82, 2.24) is 9.88 Å². The van der Waals surface area contributed by atoms with E-state index < -0.39 is 24.0 Å². The molecular weight excluding hydrogens is 420 g/mol. The molecule has 3 aromatic rings. The minimum atomic E-state index is -0.826. The fraction of sp³-hybridized carbons (Fsp3) is 0.261. The average Bonchev–Trinajstić information content (AvgIpc) is 3.19. The van der Waals surface area contributed by atoms with Crippen LogP contribution in [0.4, 0.5) is 0 Å². The van der Waals surface area contributed by atoms with Crippen molar-refractivity contribution in [3.8, 4) is 0 Å². The number of hydrogen-bond donors (Lipinski definition) is 1. The van der Waals surface area contributed by atoms with Crippen molar-refractivity contribution < 1.29 is 23.9 Å². The molecule has 0 radical (unpaired) electrons. The van der Waals surface area contributed by atoms with Gasteiger partial charge >= 0.3 is 11.9 Å². The first-order valence-electron chi connectivity index (χ1n) is 9.72. The molecule has 0 unspecified atom stereocenters. The molecule has 2 heterocycles. The molecular formula is C23H21ClN2O5. The van der Waals surface area contributed by atoms with Crippen LogP contribution in [0.3, 0.4) is 0 Å². The maximum Gasteiger partial charge on any atom is 0.337 e. The Bertz CT molecular complexity index is 1150. The molecule has 1 aliphatic rings. The zero-order valence-corrected chi connectivity index (χ0v) is 17.8. The van der Waals surface area contributed by atoms with Crippen LogP contribution in [0.1, 0.15) is 33.2 Å². The van der Waals surface area contributed by atoms with Crippen molar-refractivity contribution in [3.05, 3.63) is 70.9 Å². The summed E-state index contributed by atoms with van der Waals surface area (Å²) in [6.45, 7) is 0. The normalized spacial score (nSPS) is 17.8. The second-order valence-corrected chi connectivity index (χ2v) is 7.52. The second-order valence-electron chi connectivity index (χ2n) is 7.26. The van der Waals surface area contributed by atoms with Crippen LogP contribution in [-0.4, -0.2) is 53.9 Å². The van der Waals surface area contributed by atoms with E-state index in [0.29, 0.717) is 12.0 Å². The highest BCUT2D eigenvalue weighted by atomic mass is 35.5. The molecule has 0 saturated heterocycles. The lowest BCUT2D eigenvalue weighted by atomic mass is 9.87. The molecule has 1 amide bonds. The number of alkyl halides is 1. The maximum atomic E-state index is 12.9. The van der Waals surface area contributed by atoms with E-state index >= 15 is 0 Å². The van der Waals surface area contributed by atoms with Crippen LogP contribution in [-0.2, 0) is 25.5 Å². The number of ether oxygens (including phenoxy) is 2. The monoisotopic (exact) mass is 440 g/mol. The van der Waals surface area contributed by atoms with Gasteiger partial charge < -0.3 is 19.4 Å². The summed E-state index contributed by atoms with van der Waals surface area (Å²) < 4.78 is 9.79. The number of amides is 1. The smallest absolute Gasteiger partial charge is 0.337 e. The number of esters is 2. The largest absolute Gasteiger partial charge is 0.467 e. The zero-order chi connectivity index (χ0) is 22.1. The van der Waals surface area contributed by atoms with Crippen molar-refractivity contribution in [3.63, 3.8) is 0 Å². The number of benzene rings is 2. The van der Waals surface area contributed by atoms with Crippen LogP contribution >= 0.6 is 11.6 Å². The van der Waals surface area contributed by atoms with E-state index in [4.69, 9.17) is 21.1 Å². The molecule has 8 heteroatoms. The van der Waals surface area contributed by atoms with E-state index in [1.165, 1.54) is 19.1 Å². The Labute approximate surface area is 183 Å². The number of nitrogens with zero attached hydrogens (tertiary/aromatic N) is 1. The quantitative estimate of drug-likeness (QED) is 0.497. The first-order chi connectivity index (χ1) is 15.0. The van der Waals surface area contributed by atoms with Crippen LogP contribution in [0.15, 0.2) is 48.5 Å². The Morgan fingerprint density at radius 3 is 2.42 bits per heavy atom. The van der Waals surface area contributed by atoms with E-state index in [9.17, 15) is 14.4 Å². The summed E-state index contributed by atoms with van der Waals surface area (Å²) in [4.78, 5) is 42.4. The maximum absolute atomic E-state index is 12.9. The Hall–Kier alpha value is -3.32. The molecule has 31 heavy (non-hydrogen) atoms. The lowest BCUT2D eigenvalue weighted by Gasteiger charge is -2.40. The van der Waals surface area contributed by atoms with Crippen LogP contribution in [0.5, 0.6) is 0 Å². The number of carbonyl (C=O) groups excluding carboxylic acids is 3. The fourth-order valence-corrected chi connectivity index (χ4v) is 4.39. The molecule has 4 rings (SSSR count). The van der Waals surface area contributed by atoms with Gasteiger partial charge in [-0.15, -0.1) is 11.6 Å². The molecule has 7 nitrogen and oxygen atoms in total. The summed E-state index contributed by atoms with van der Waals surface area (Å²) in [7, 11) is 2.62. The van der Waals surface area contributed by atoms with E-state index in [1.807, 2.05) is 24.3 Å². The van der Waals surface area contributed by atoms with Crippen molar-refractivity contribution in [2.75, 3.05) is 20.1 Å². The molecule has 160 valence electrons. The Balaban J connectivity index is 1.92. The van der Waals surface area contributed by atoms with Gasteiger partial charge in [-0.3, -0.25) is 4.79 Å². The molecule has 0 aliphatic carbocycles. The van der Waals surface area contributed by atoms with Gasteiger partial charge in [0.05, 0.1) is 25.8 Å². The SMILES string of the molecule is COC(=O)c1ccc([C@@H]2c3[nH]c4ccccc4c3C[C@H](C(=O)OC)N2C(=O)CCl)cc1. The molecule has 0 saturated carbocycles. The summed E-state index contributed by atoms with van der Waals surface area (Å²) in [5.41, 5.74) is 3.79. The number of aromatic amines is 1. The van der Waals surface area contributed by atoms with Gasteiger partial charge in [0.2, 0.25) is 5.91 Å². The molecule has 0 fully saturated rings. The van der Waals surface area contributed by atoms with E-state index in [0.717, 1.165) is 27.7 Å². The van der Waals surface area contributed by atoms with Crippen molar-refractivity contribution in [2.45, 2.75) is 18.5 Å². The minimum absolute atomic E-state index is 0.278. The molecule has 2 atom stereocenters. The van der Waals surface area contributed by atoms with Crippen LogP contribution in [0.25, 0.3) is 10.9 Å². The van der Waals surface area contributed by atoms with Crippen LogP contribution in [0.2, 0.25) is 0 Å². The van der Waals surface area contributed by atoms with Gasteiger partial charge in [0.15, 0.2) is 0 Å². The van der Waals surface area contributed by atoms with Gasteiger partial charge in [-0.2, -0.15) is 0 Å². The standard InChI is InChI=1S/C23H21ClN2O5/c1-30-22(28)14-9-7-13(8-10-14)21-20-16(15-5-3-4-6-17(15)25-20)11-18(23(29)31-2)26(21)19(27)12-24/h3-10,18,21,25H,11-12H2,1-2H3/t18-,21-/m1/s1. The number of H-pyrrole nitrogens is 1. The summed E-state index contributed by atoms with van der Waals surface area (Å²) >= 11 is 5.93. The van der Waals surface area contributed by atoms with E-state index in [1.54, 1.807) is 24.3 Å². The topological polar surface area (TPSA) is 88.7 Å². The minimum Gasteiger partial charge on any atom is -0.467 e. The number of aromatic nitrogens is 1. The number of rotatable bonds is 4. The average molecular weight is 441 g/mol. The number of methoxy groups -OCH3 is 2. The van der Waals surface area contributed by atoms with Gasteiger partial charge in [0, 0.05) is 23.0 Å². The van der Waals surface area contributed by atoms with Gasteiger partial charge in [-0.05, 0) is 29.3 Å². The Morgan fingerprint density at radius 1 is 1.06 bits per heavy atom. The van der Waals surface area contributed by atoms with Crippen LogP contribution in [0, 0.1) is 0 Å². The number of halogens is 1. The summed E-state index contributed by atoms with van der Waals surface area (Å²) in [6.07, 6.45) is 0.311. The second kappa shape index (κ2) is 8.43. The zero-order valence-electron chi connectivity index (χ0n) is 17.1. The lowest BCUT2D eigenvalue weighted by molar-refractivity contribution is -0.154. The Morgan fingerprint density at radius 2 is 1.77 bits per heavy atom. The van der Waals surface area contributed by atoms with Crippen molar-refractivity contribution in [1.29, 1.82) is 0 Å². The molecule has 1 N–H and O–H groups in total. The third-order valence-corrected chi connectivity index (χ3v) is 5.88. The summed E-state index contributed by atoms with van der Waals surface area (Å²) in [5, 5.41) is 0.987. The first kappa shape index (κ1) is 20.9. The number of para-hydroxylation sites is 1. The third kappa shape index (κ3) is 3.55. The number of carbonyl (C=O) groups is 3. The fourth-order valence-electron chi connectivity index (χ4n) is 4.25. The molecule has 0 bridgehead atoms. The number of fused-ring (bicyclic) bond motifs is 3. The number of nitrogens with one attached hydrogen (secondary N) is 1. The summed E-state index contributed by atoms with van der Waals surface area (Å²) in [6, 6.07) is 13.1. The lowest BCUT2D eigenvalue weighted by Crippen LogP contribution is -2.52. The molecule has 2 aromatic carbocycles. The van der Waals surface area contributed by atoms with Crippen molar-refractivity contribution in [2.24, 2.45) is 0 Å². The first-order valence-corrected chi connectivity index (χ1v) is 10.3. The van der Waals surface area contributed by atoms with Crippen LogP contribution < -0.4 is 0 Å². The van der Waals surface area contributed by atoms with E-state index in [-0.39, 0.29) is 11.8 Å². The molecule has 0 spiro atoms. The van der Waals surface area contributed by atoms with E-state index in [2.05, 4.69) is 4.98 Å². The van der Waals surface area contributed by atoms with Gasteiger partial charge in [-0.1, -0.05) is 30.3 Å². The summed E-state index contributed by atoms with van der Waals surface area (Å²) in [5.74, 6) is -1.63. The highest BCUT2D eigenvalue weighted by molar-refractivity contribution is 6.27. The Kier molecular flexibility index (Phi) is 5.69. The van der Waals surface area contributed by atoms with Gasteiger partial charge in [0.25, 0.3) is 0 Å². The molecule has 1 aliphatic heterocycles. The number of hydrogen-bond acceptors (Lipinski definition) is 5. The highest BCUT2D eigenvalue weighted by Gasteiger charge is 2.43. The predicted molar refractivity (Wildman–Crippen MR) is 115 cm³/mol. The highest BCUT2D eigenvalue weighted by Crippen LogP contribution is 2.41. The third-order valence-electron chi connectivity index (χ3n) is 5.65. The van der Waals surface area contributed by atoms with Gasteiger partial charge in [0.1, 0.15) is 11.9 Å². The molecule has 1 aromatic heterocycles. The predicted octanol–water partition coefficient (Wildman–Crippen LogP) is 3.21. The van der Waals surface area contributed by atoms with Gasteiger partial charge in [-0.25, -0.2) is 9.59 Å².